The third kappa shape index (κ3) is 7.01. The van der Waals surface area contributed by atoms with Crippen LogP contribution >= 0.6 is 0 Å². The van der Waals surface area contributed by atoms with Crippen molar-refractivity contribution in [2.75, 3.05) is 52.3 Å². The monoisotopic (exact) mass is 295 g/mol. The molecule has 0 spiro atoms. The molecule has 1 aromatic rings. The number of aromatic nitrogens is 2. The molecular formula is C14H25N5O2. The normalized spacial score (nSPS) is 10.7. The minimum Gasteiger partial charge on any atom is -0.383 e. The van der Waals surface area contributed by atoms with Crippen molar-refractivity contribution in [3.8, 4) is 0 Å². The number of likely N-dealkylation sites (N-methyl/N-ethyl adjacent to an activating group) is 1. The van der Waals surface area contributed by atoms with Crippen LogP contribution in [0.5, 0.6) is 0 Å². The van der Waals surface area contributed by atoms with Gasteiger partial charge in [-0.2, -0.15) is 0 Å². The first-order valence-corrected chi connectivity index (χ1v) is 7.19. The Hall–Kier alpha value is -1.73. The molecule has 0 aliphatic carbocycles. The third-order valence-corrected chi connectivity index (χ3v) is 2.88. The molecule has 0 saturated carbocycles. The number of carbonyl (C=O) groups excluding carboxylic acids is 1. The van der Waals surface area contributed by atoms with Crippen molar-refractivity contribution in [3.63, 3.8) is 0 Å². The lowest BCUT2D eigenvalue weighted by atomic mass is 10.4. The third-order valence-electron chi connectivity index (χ3n) is 2.88. The zero-order chi connectivity index (χ0) is 15.5. The van der Waals surface area contributed by atoms with Crippen LogP contribution in [0.3, 0.4) is 0 Å². The van der Waals surface area contributed by atoms with Crippen LogP contribution in [0.25, 0.3) is 0 Å². The van der Waals surface area contributed by atoms with Gasteiger partial charge in [-0.25, -0.2) is 4.98 Å². The van der Waals surface area contributed by atoms with Crippen LogP contribution in [-0.2, 0) is 4.74 Å². The first kappa shape index (κ1) is 17.3. The summed E-state index contributed by atoms with van der Waals surface area (Å²) in [6, 6.07) is 0. The van der Waals surface area contributed by atoms with Gasteiger partial charge >= 0.3 is 0 Å². The molecule has 1 aromatic heterocycles. The summed E-state index contributed by atoms with van der Waals surface area (Å²) in [7, 11) is 3.66. The highest BCUT2D eigenvalue weighted by molar-refractivity contribution is 5.92. The van der Waals surface area contributed by atoms with Crippen molar-refractivity contribution in [1.29, 1.82) is 0 Å². The van der Waals surface area contributed by atoms with Crippen molar-refractivity contribution >= 4 is 11.7 Å². The summed E-state index contributed by atoms with van der Waals surface area (Å²) in [6.07, 6.45) is 4.08. The minimum absolute atomic E-state index is 0.206. The molecule has 0 fully saturated rings. The molecule has 0 radical (unpaired) electrons. The SMILES string of the molecule is CCCNc1cncc(C(=O)NCCN(C)CCOC)n1. The zero-order valence-corrected chi connectivity index (χ0v) is 13.1. The van der Waals surface area contributed by atoms with Gasteiger partial charge in [0.1, 0.15) is 11.5 Å². The predicted molar refractivity (Wildman–Crippen MR) is 82.5 cm³/mol. The van der Waals surface area contributed by atoms with Gasteiger partial charge in [0.05, 0.1) is 19.0 Å². The average molecular weight is 295 g/mol. The van der Waals surface area contributed by atoms with E-state index in [2.05, 4.69) is 32.4 Å². The van der Waals surface area contributed by atoms with Crippen molar-refractivity contribution in [2.45, 2.75) is 13.3 Å². The Kier molecular flexibility index (Phi) is 8.30. The van der Waals surface area contributed by atoms with Crippen LogP contribution in [0, 0.1) is 0 Å². The van der Waals surface area contributed by atoms with Gasteiger partial charge in [-0.3, -0.25) is 9.78 Å². The average Bonchev–Trinajstić information content (AvgIpc) is 2.51. The maximum Gasteiger partial charge on any atom is 0.271 e. The fourth-order valence-corrected chi connectivity index (χ4v) is 1.62. The second-order valence-corrected chi connectivity index (χ2v) is 4.77. The van der Waals surface area contributed by atoms with Gasteiger partial charge in [0.15, 0.2) is 0 Å². The van der Waals surface area contributed by atoms with Gasteiger partial charge < -0.3 is 20.3 Å². The summed E-state index contributed by atoms with van der Waals surface area (Å²) in [5.74, 6) is 0.421. The number of hydrogen-bond acceptors (Lipinski definition) is 6. The van der Waals surface area contributed by atoms with E-state index in [4.69, 9.17) is 4.74 Å². The molecule has 0 saturated heterocycles. The Morgan fingerprint density at radius 3 is 2.86 bits per heavy atom. The van der Waals surface area contributed by atoms with Crippen molar-refractivity contribution in [2.24, 2.45) is 0 Å². The summed E-state index contributed by atoms with van der Waals surface area (Å²) in [6.45, 7) is 5.72. The molecule has 0 atom stereocenters. The number of nitrogens with one attached hydrogen (secondary N) is 2. The Bertz CT molecular complexity index is 428. The molecule has 0 aromatic carbocycles. The van der Waals surface area contributed by atoms with Crippen LogP contribution in [0.1, 0.15) is 23.8 Å². The topological polar surface area (TPSA) is 79.4 Å². The smallest absolute Gasteiger partial charge is 0.271 e. The molecule has 0 aliphatic rings. The van der Waals surface area contributed by atoms with Crippen molar-refractivity contribution in [1.82, 2.24) is 20.2 Å². The van der Waals surface area contributed by atoms with Gasteiger partial charge in [-0.15, -0.1) is 0 Å². The first-order chi connectivity index (χ1) is 10.2. The Morgan fingerprint density at radius 1 is 1.33 bits per heavy atom. The van der Waals surface area contributed by atoms with Gasteiger partial charge in [0.25, 0.3) is 5.91 Å². The number of amides is 1. The molecule has 118 valence electrons. The van der Waals surface area contributed by atoms with Gasteiger partial charge in [0, 0.05) is 33.3 Å². The molecule has 2 N–H and O–H groups in total. The highest BCUT2D eigenvalue weighted by Crippen LogP contribution is 2.02. The van der Waals surface area contributed by atoms with Gasteiger partial charge in [-0.1, -0.05) is 6.92 Å². The number of hydrogen-bond donors (Lipinski definition) is 2. The fraction of sp³-hybridized carbons (Fsp3) is 0.643. The molecule has 1 heterocycles. The molecule has 0 bridgehead atoms. The quantitative estimate of drug-likeness (QED) is 0.658. The van der Waals surface area contributed by atoms with Crippen LogP contribution in [0.15, 0.2) is 12.4 Å². The lowest BCUT2D eigenvalue weighted by Gasteiger charge is -2.16. The van der Waals surface area contributed by atoms with Crippen molar-refractivity contribution < 1.29 is 9.53 Å². The van der Waals surface area contributed by atoms with E-state index in [1.54, 1.807) is 13.3 Å². The van der Waals surface area contributed by atoms with Crippen LogP contribution in [0.4, 0.5) is 5.82 Å². The van der Waals surface area contributed by atoms with E-state index in [9.17, 15) is 4.79 Å². The van der Waals surface area contributed by atoms with Crippen LogP contribution in [-0.4, -0.2) is 67.7 Å². The maximum absolute atomic E-state index is 12.0. The van der Waals surface area contributed by atoms with E-state index < -0.39 is 0 Å². The number of anilines is 1. The van der Waals surface area contributed by atoms with E-state index in [1.165, 1.54) is 6.20 Å². The number of methoxy groups -OCH3 is 1. The zero-order valence-electron chi connectivity index (χ0n) is 13.1. The molecule has 0 aliphatic heterocycles. The molecule has 0 unspecified atom stereocenters. The summed E-state index contributed by atoms with van der Waals surface area (Å²) >= 11 is 0. The number of rotatable bonds is 10. The van der Waals surface area contributed by atoms with E-state index >= 15 is 0 Å². The maximum atomic E-state index is 12.0. The summed E-state index contributed by atoms with van der Waals surface area (Å²) in [5.41, 5.74) is 0.329. The summed E-state index contributed by atoms with van der Waals surface area (Å²) in [4.78, 5) is 22.3. The molecule has 1 rings (SSSR count). The predicted octanol–water partition coefficient (Wildman–Crippen LogP) is 0.607. The van der Waals surface area contributed by atoms with E-state index in [0.717, 1.165) is 26.1 Å². The Morgan fingerprint density at radius 2 is 2.14 bits per heavy atom. The van der Waals surface area contributed by atoms with Crippen molar-refractivity contribution in [3.05, 3.63) is 18.1 Å². The summed E-state index contributed by atoms with van der Waals surface area (Å²) in [5, 5.41) is 5.95. The van der Waals surface area contributed by atoms with E-state index in [-0.39, 0.29) is 5.91 Å². The molecule has 1 amide bonds. The van der Waals surface area contributed by atoms with E-state index in [0.29, 0.717) is 24.7 Å². The molecule has 21 heavy (non-hydrogen) atoms. The van der Waals surface area contributed by atoms with Crippen LogP contribution < -0.4 is 10.6 Å². The summed E-state index contributed by atoms with van der Waals surface area (Å²) < 4.78 is 5.00. The standard InChI is InChI=1S/C14H25N5O2/c1-4-5-16-13-11-15-10-12(18-13)14(20)17-6-7-19(2)8-9-21-3/h10-11H,4-9H2,1-3H3,(H,16,18)(H,17,20). The minimum atomic E-state index is -0.206. The first-order valence-electron chi connectivity index (χ1n) is 7.19. The van der Waals surface area contributed by atoms with Gasteiger partial charge in [-0.05, 0) is 13.5 Å². The molecule has 7 nitrogen and oxygen atoms in total. The molecule has 7 heteroatoms. The van der Waals surface area contributed by atoms with Crippen LogP contribution in [0.2, 0.25) is 0 Å². The molecular weight excluding hydrogens is 270 g/mol. The Labute approximate surface area is 126 Å². The van der Waals surface area contributed by atoms with E-state index in [1.807, 2.05) is 7.05 Å². The highest BCUT2D eigenvalue weighted by Gasteiger charge is 2.08. The lowest BCUT2D eigenvalue weighted by Crippen LogP contribution is -2.34. The number of ether oxygens (including phenoxy) is 1. The number of nitrogens with zero attached hydrogens (tertiary/aromatic N) is 3. The fourth-order valence-electron chi connectivity index (χ4n) is 1.62. The van der Waals surface area contributed by atoms with Gasteiger partial charge in [0.2, 0.25) is 0 Å². The Balaban J connectivity index is 2.37. The largest absolute Gasteiger partial charge is 0.383 e. The highest BCUT2D eigenvalue weighted by atomic mass is 16.5. The second-order valence-electron chi connectivity index (χ2n) is 4.77. The lowest BCUT2D eigenvalue weighted by molar-refractivity contribution is 0.0942. The number of carbonyl (C=O) groups is 1. The second kappa shape index (κ2) is 10.1.